The van der Waals surface area contributed by atoms with Gasteiger partial charge in [0, 0.05) is 17.4 Å². The molecule has 0 aliphatic carbocycles. The summed E-state index contributed by atoms with van der Waals surface area (Å²) in [7, 11) is -4.18. The molecule has 2 unspecified atom stereocenters. The number of unbranched alkanes of at least 4 members (excludes halogenated alkanes) is 1. The first kappa shape index (κ1) is 31.7. The Kier molecular flexibility index (Phi) is 11.6. The van der Waals surface area contributed by atoms with Gasteiger partial charge in [-0.15, -0.1) is 11.8 Å². The number of nitrogen functional groups attached to an aromatic ring is 1. The number of rotatable bonds is 13. The first-order valence-corrected chi connectivity index (χ1v) is 15.0. The van der Waals surface area contributed by atoms with Gasteiger partial charge in [0.25, 0.3) is 0 Å². The summed E-state index contributed by atoms with van der Waals surface area (Å²) >= 11 is 2.08. The normalized spacial score (nSPS) is 24.5. The van der Waals surface area contributed by atoms with E-state index in [4.69, 9.17) is 14.8 Å². The average Bonchev–Trinajstić information content (AvgIpc) is 3.07. The molecule has 5 N–H and O–H groups in total. The number of carbonyl (C=O) groups excluding carboxylic acids is 1. The number of aliphatic hydroxyl groups excluding tert-OH is 1. The maximum Gasteiger partial charge on any atom is 0.406 e. The van der Waals surface area contributed by atoms with Gasteiger partial charge in [0.1, 0.15) is 23.3 Å². The fraction of sp³-hybridized carbons (Fsp3) is 0.714. The second-order valence-corrected chi connectivity index (χ2v) is 13.6. The molecule has 0 bridgehead atoms. The molecule has 2 heterocycles. The summed E-state index contributed by atoms with van der Waals surface area (Å²) in [6.45, 7) is 6.23. The molecule has 1 aromatic rings. The average molecular weight is 585 g/mol. The molecule has 1 saturated heterocycles. The molecule has 1 aromatic heterocycles. The third-order valence-electron chi connectivity index (χ3n) is 5.20. The number of aromatic nitrogens is 2. The van der Waals surface area contributed by atoms with Crippen LogP contribution in [0.25, 0.3) is 0 Å². The van der Waals surface area contributed by atoms with Gasteiger partial charge in [-0.25, -0.2) is 18.8 Å². The first-order chi connectivity index (χ1) is 17.1. The summed E-state index contributed by atoms with van der Waals surface area (Å²) in [5.74, 6) is -0.789. The van der Waals surface area contributed by atoms with Crippen LogP contribution in [0.4, 0.5) is 10.2 Å². The molecule has 1 fully saturated rings. The molecule has 12 nitrogen and oxygen atoms in total. The van der Waals surface area contributed by atoms with Crippen molar-refractivity contribution in [2.75, 3.05) is 24.7 Å². The Morgan fingerprint density at radius 2 is 2.05 bits per heavy atom. The van der Waals surface area contributed by atoms with Crippen LogP contribution in [0.5, 0.6) is 0 Å². The molecule has 210 valence electrons. The number of aliphatic carboxylic acids is 1. The van der Waals surface area contributed by atoms with Gasteiger partial charge < -0.3 is 15.9 Å². The van der Waals surface area contributed by atoms with Gasteiger partial charge in [0.15, 0.2) is 11.3 Å². The van der Waals surface area contributed by atoms with E-state index >= 15 is 0 Å². The maximum atomic E-state index is 14.8. The Bertz CT molecular complexity index is 1060. The van der Waals surface area contributed by atoms with Crippen LogP contribution in [-0.2, 0) is 23.2 Å². The number of nitrogens with zero attached hydrogens (tertiary/aromatic N) is 2. The van der Waals surface area contributed by atoms with Crippen LogP contribution >= 0.6 is 31.3 Å². The van der Waals surface area contributed by atoms with Crippen molar-refractivity contribution in [3.05, 3.63) is 22.7 Å². The lowest BCUT2D eigenvalue weighted by Crippen LogP contribution is -2.35. The molecule has 0 radical (unpaired) electrons. The highest BCUT2D eigenvalue weighted by molar-refractivity contribution is 8.13. The van der Waals surface area contributed by atoms with E-state index in [1.54, 1.807) is 0 Å². The van der Waals surface area contributed by atoms with E-state index in [1.165, 1.54) is 30.9 Å². The minimum absolute atomic E-state index is 0.0313. The summed E-state index contributed by atoms with van der Waals surface area (Å²) in [6.07, 6.45) is -1.16. The van der Waals surface area contributed by atoms with Gasteiger partial charge >= 0.3 is 19.4 Å². The number of anilines is 1. The fourth-order valence-electron chi connectivity index (χ4n) is 3.03. The number of nitrogens with one attached hydrogen (secondary N) is 1. The van der Waals surface area contributed by atoms with Crippen LogP contribution in [0, 0.1) is 5.41 Å². The molecule has 6 atom stereocenters. The van der Waals surface area contributed by atoms with Crippen molar-refractivity contribution in [2.45, 2.75) is 69.5 Å². The number of aliphatic hydroxyl groups is 1. The molecular formula is C21H34FN4O8PS2. The summed E-state index contributed by atoms with van der Waals surface area (Å²) in [4.78, 5) is 38.9. The Morgan fingerprint density at radius 3 is 2.65 bits per heavy atom. The van der Waals surface area contributed by atoms with Gasteiger partial charge in [0.2, 0.25) is 0 Å². The number of hydrogen-bond donors (Lipinski definition) is 4. The SMILES string of the molecule is CC(NP(=O)(OCCCCSC(=O)C(C)(C)C)OC[C@H]1S[C@@H](n2ccc(N)nc2=O)[C@@H](F)[C@@H]1O)C(=O)O. The molecule has 1 aliphatic rings. The van der Waals surface area contributed by atoms with Crippen molar-refractivity contribution in [1.82, 2.24) is 14.6 Å². The summed E-state index contributed by atoms with van der Waals surface area (Å²) in [5, 5.41) is 19.9. The van der Waals surface area contributed by atoms with Crippen molar-refractivity contribution in [2.24, 2.45) is 5.41 Å². The number of hydrogen-bond acceptors (Lipinski definition) is 11. The maximum absolute atomic E-state index is 14.8. The number of thioether (sulfide) groups is 2. The number of carboxylic acid groups (broad SMARTS) is 1. The highest BCUT2D eigenvalue weighted by atomic mass is 32.2. The molecule has 2 rings (SSSR count). The Hall–Kier alpha value is -1.48. The second kappa shape index (κ2) is 13.5. The van der Waals surface area contributed by atoms with E-state index in [2.05, 4.69) is 10.1 Å². The van der Waals surface area contributed by atoms with Crippen molar-refractivity contribution in [1.29, 1.82) is 0 Å². The van der Waals surface area contributed by atoms with Gasteiger partial charge in [-0.05, 0) is 25.8 Å². The quantitative estimate of drug-likeness (QED) is 0.196. The Balaban J connectivity index is 1.97. The molecule has 16 heteroatoms. The first-order valence-electron chi connectivity index (χ1n) is 11.5. The number of alkyl halides is 1. The van der Waals surface area contributed by atoms with Crippen molar-refractivity contribution in [3.8, 4) is 0 Å². The summed E-state index contributed by atoms with van der Waals surface area (Å²) in [6, 6.07) is 0.0369. The topological polar surface area (TPSA) is 183 Å². The minimum Gasteiger partial charge on any atom is -0.480 e. The Morgan fingerprint density at radius 1 is 1.38 bits per heavy atom. The van der Waals surface area contributed by atoms with E-state index in [1.807, 2.05) is 20.8 Å². The van der Waals surface area contributed by atoms with Crippen LogP contribution in [0.15, 0.2) is 17.1 Å². The zero-order chi connectivity index (χ0) is 28.0. The molecule has 37 heavy (non-hydrogen) atoms. The molecule has 0 aromatic carbocycles. The standard InChI is InChI=1S/C21H34FN4O8PS2/c1-12(18(28)29)25-35(32,33-9-5-6-10-36-19(30)21(2,3)4)34-11-13-16(27)15(22)17(37-13)26-8-7-14(23)24-20(26)31/h7-8,12-13,15-17,27H,5-6,9-11H2,1-4H3,(H,25,32)(H,28,29)(H2,23,24,31)/t12?,13-,15+,16-,17-,35?/m1/s1. The van der Waals surface area contributed by atoms with Crippen LogP contribution in [0.1, 0.15) is 45.9 Å². The predicted octanol–water partition coefficient (Wildman–Crippen LogP) is 2.43. The van der Waals surface area contributed by atoms with Crippen LogP contribution in [-0.4, -0.2) is 73.4 Å². The highest BCUT2D eigenvalue weighted by Crippen LogP contribution is 2.48. The fourth-order valence-corrected chi connectivity index (χ4v) is 7.05. The predicted molar refractivity (Wildman–Crippen MR) is 140 cm³/mol. The van der Waals surface area contributed by atoms with Gasteiger partial charge in [-0.2, -0.15) is 4.98 Å². The van der Waals surface area contributed by atoms with E-state index < -0.39 is 60.4 Å². The zero-order valence-electron chi connectivity index (χ0n) is 21.0. The van der Waals surface area contributed by atoms with E-state index in [-0.39, 0.29) is 17.5 Å². The highest BCUT2D eigenvalue weighted by Gasteiger charge is 2.46. The number of halogens is 1. The third-order valence-corrected chi connectivity index (χ3v) is 9.81. The second-order valence-electron chi connectivity index (χ2n) is 9.45. The van der Waals surface area contributed by atoms with E-state index in [9.17, 15) is 33.6 Å². The van der Waals surface area contributed by atoms with Gasteiger partial charge in [-0.3, -0.25) is 23.2 Å². The number of nitrogens with two attached hydrogens (primary N) is 1. The van der Waals surface area contributed by atoms with Crippen molar-refractivity contribution >= 4 is 48.2 Å². The molecule has 0 amide bonds. The zero-order valence-corrected chi connectivity index (χ0v) is 23.6. The van der Waals surface area contributed by atoms with Crippen LogP contribution < -0.4 is 16.5 Å². The number of carbonyl (C=O) groups is 2. The van der Waals surface area contributed by atoms with Crippen LogP contribution in [0.2, 0.25) is 0 Å². The molecule has 0 spiro atoms. The lowest BCUT2D eigenvalue weighted by molar-refractivity contribution is -0.138. The molecular weight excluding hydrogens is 550 g/mol. The Labute approximate surface area is 222 Å². The molecule has 0 saturated carbocycles. The van der Waals surface area contributed by atoms with Crippen molar-refractivity contribution < 1.29 is 37.8 Å². The molecule has 1 aliphatic heterocycles. The van der Waals surface area contributed by atoms with E-state index in [0.29, 0.717) is 18.6 Å². The largest absolute Gasteiger partial charge is 0.480 e. The lowest BCUT2D eigenvalue weighted by atomic mass is 10.00. The van der Waals surface area contributed by atoms with E-state index in [0.717, 1.165) is 16.3 Å². The third kappa shape index (κ3) is 9.34. The van der Waals surface area contributed by atoms with Gasteiger partial charge in [-0.1, -0.05) is 32.5 Å². The van der Waals surface area contributed by atoms with Crippen LogP contribution in [0.3, 0.4) is 0 Å². The monoisotopic (exact) mass is 584 g/mol. The summed E-state index contributed by atoms with van der Waals surface area (Å²) in [5.41, 5.74) is 4.22. The number of carboxylic acids is 1. The lowest BCUT2D eigenvalue weighted by Gasteiger charge is -2.23. The smallest absolute Gasteiger partial charge is 0.406 e. The minimum atomic E-state index is -4.18. The van der Waals surface area contributed by atoms with Gasteiger partial charge in [0.05, 0.1) is 18.5 Å². The summed E-state index contributed by atoms with van der Waals surface area (Å²) < 4.78 is 39.9. The van der Waals surface area contributed by atoms with Crippen molar-refractivity contribution in [3.63, 3.8) is 0 Å².